The van der Waals surface area contributed by atoms with Gasteiger partial charge in [0.1, 0.15) is 5.82 Å². The zero-order valence-electron chi connectivity index (χ0n) is 37.7. The van der Waals surface area contributed by atoms with Gasteiger partial charge in [0, 0.05) is 22.0 Å². The Labute approximate surface area is 401 Å². The molecule has 0 saturated carbocycles. The first-order chi connectivity index (χ1) is 34.2. The van der Waals surface area contributed by atoms with Crippen molar-refractivity contribution in [3.63, 3.8) is 0 Å². The smallest absolute Gasteiger partial charge is 0.138 e. The van der Waals surface area contributed by atoms with Crippen LogP contribution in [0.4, 0.5) is 17.1 Å². The van der Waals surface area contributed by atoms with Crippen molar-refractivity contribution in [3.05, 3.63) is 283 Å². The third-order valence-electron chi connectivity index (χ3n) is 14.6. The molecule has 0 atom stereocenters. The molecule has 1 aliphatic heterocycles. The number of nitrogens with zero attached hydrogens (tertiary/aromatic N) is 3. The first-order valence-electron chi connectivity index (χ1n) is 23.8. The highest BCUT2D eigenvalue weighted by atomic mass is 15.2. The van der Waals surface area contributed by atoms with E-state index in [9.17, 15) is 0 Å². The van der Waals surface area contributed by atoms with Crippen LogP contribution >= 0.6 is 0 Å². The maximum absolute atomic E-state index is 5.40. The van der Waals surface area contributed by atoms with Crippen molar-refractivity contribution in [1.29, 1.82) is 0 Å². The number of fused-ring (bicyclic) bond motifs is 12. The van der Waals surface area contributed by atoms with Gasteiger partial charge in [-0.25, -0.2) is 4.98 Å². The van der Waals surface area contributed by atoms with Gasteiger partial charge in [-0.15, -0.1) is 0 Å². The molecule has 1 aliphatic carbocycles. The molecule has 0 bridgehead atoms. The second-order valence-electron chi connectivity index (χ2n) is 18.3. The Morgan fingerprint density at radius 2 is 0.841 bits per heavy atom. The van der Waals surface area contributed by atoms with Gasteiger partial charge in [-0.1, -0.05) is 200 Å². The highest BCUT2D eigenvalue weighted by molar-refractivity contribution is 6.10. The second kappa shape index (κ2) is 15.5. The molecular formula is C66H43N3. The van der Waals surface area contributed by atoms with Gasteiger partial charge in [-0.2, -0.15) is 0 Å². The Bertz CT molecular complexity index is 3860. The summed E-state index contributed by atoms with van der Waals surface area (Å²) >= 11 is 0. The molecule has 14 rings (SSSR count). The first kappa shape index (κ1) is 39.1. The minimum absolute atomic E-state index is 0.561. The van der Waals surface area contributed by atoms with Gasteiger partial charge < -0.3 is 4.90 Å². The fourth-order valence-corrected chi connectivity index (χ4v) is 11.6. The number of para-hydroxylation sites is 3. The van der Waals surface area contributed by atoms with Crippen LogP contribution in [0.25, 0.3) is 83.4 Å². The van der Waals surface area contributed by atoms with Crippen LogP contribution < -0.4 is 4.90 Å². The quantitative estimate of drug-likeness (QED) is 0.166. The van der Waals surface area contributed by atoms with Gasteiger partial charge in [0.05, 0.1) is 33.5 Å². The lowest BCUT2D eigenvalue weighted by Crippen LogP contribution is -2.36. The van der Waals surface area contributed by atoms with E-state index in [1.54, 1.807) is 0 Å². The normalized spacial score (nSPS) is 13.0. The lowest BCUT2D eigenvalue weighted by atomic mass is 9.64. The molecule has 322 valence electrons. The highest BCUT2D eigenvalue weighted by Crippen LogP contribution is 2.63. The van der Waals surface area contributed by atoms with Crippen LogP contribution in [0.5, 0.6) is 0 Å². The Morgan fingerprint density at radius 3 is 1.58 bits per heavy atom. The monoisotopic (exact) mass is 877 g/mol. The number of rotatable bonds is 6. The zero-order chi connectivity index (χ0) is 45.5. The number of hydrogen-bond acceptors (Lipinski definition) is 2. The molecule has 12 aromatic rings. The molecular weight excluding hydrogens is 835 g/mol. The van der Waals surface area contributed by atoms with Crippen LogP contribution in [-0.4, -0.2) is 9.55 Å². The Balaban J connectivity index is 0.956. The van der Waals surface area contributed by atoms with E-state index in [4.69, 9.17) is 4.98 Å². The van der Waals surface area contributed by atoms with E-state index in [1.165, 1.54) is 77.8 Å². The minimum Gasteiger partial charge on any atom is -0.310 e. The highest BCUT2D eigenvalue weighted by Gasteiger charge is 2.51. The van der Waals surface area contributed by atoms with E-state index in [2.05, 4.69) is 270 Å². The van der Waals surface area contributed by atoms with Crippen LogP contribution in [0.3, 0.4) is 0 Å². The van der Waals surface area contributed by atoms with Crippen molar-refractivity contribution in [1.82, 2.24) is 9.55 Å². The predicted octanol–water partition coefficient (Wildman–Crippen LogP) is 17.0. The van der Waals surface area contributed by atoms with Crippen molar-refractivity contribution in [2.45, 2.75) is 5.41 Å². The van der Waals surface area contributed by atoms with Crippen molar-refractivity contribution in [2.75, 3.05) is 4.90 Å². The minimum atomic E-state index is -0.561. The molecule has 3 heterocycles. The lowest BCUT2D eigenvalue weighted by Gasteiger charge is -2.45. The van der Waals surface area contributed by atoms with Crippen LogP contribution in [-0.2, 0) is 5.41 Å². The summed E-state index contributed by atoms with van der Waals surface area (Å²) in [4.78, 5) is 7.87. The van der Waals surface area contributed by atoms with Crippen molar-refractivity contribution >= 4 is 38.9 Å². The van der Waals surface area contributed by atoms with E-state index < -0.39 is 5.41 Å². The van der Waals surface area contributed by atoms with E-state index in [-0.39, 0.29) is 0 Å². The Kier molecular flexibility index (Phi) is 8.80. The average Bonchev–Trinajstić information content (AvgIpc) is 3.92. The Hall–Kier alpha value is -9.05. The topological polar surface area (TPSA) is 21.1 Å². The van der Waals surface area contributed by atoms with E-state index in [1.807, 2.05) is 0 Å². The van der Waals surface area contributed by atoms with E-state index in [0.717, 1.165) is 44.9 Å². The van der Waals surface area contributed by atoms with Gasteiger partial charge in [0.2, 0.25) is 0 Å². The molecule has 2 aromatic heterocycles. The van der Waals surface area contributed by atoms with E-state index >= 15 is 0 Å². The summed E-state index contributed by atoms with van der Waals surface area (Å²) in [7, 11) is 0. The molecule has 2 aliphatic rings. The third kappa shape index (κ3) is 5.97. The SMILES string of the molecule is c1ccc(-c2cccc(N3c4ccccc4C4(c5ccccc5-c5ccc(-c6ccc7c(c6)c6ccccc6n7-c6cc(-c7ccccc7)cc(-c7ccccc7)n6)cc54)c4ccccc43)c2)cc1. The van der Waals surface area contributed by atoms with Gasteiger partial charge in [-0.3, -0.25) is 4.57 Å². The molecule has 0 N–H and O–H groups in total. The van der Waals surface area contributed by atoms with Crippen molar-refractivity contribution in [3.8, 4) is 61.6 Å². The average molecular weight is 878 g/mol. The van der Waals surface area contributed by atoms with Crippen molar-refractivity contribution < 1.29 is 0 Å². The number of hydrogen-bond donors (Lipinski definition) is 0. The third-order valence-corrected chi connectivity index (χ3v) is 14.6. The maximum Gasteiger partial charge on any atom is 0.138 e. The number of anilines is 3. The molecule has 69 heavy (non-hydrogen) atoms. The number of benzene rings is 10. The van der Waals surface area contributed by atoms with Crippen LogP contribution in [0.15, 0.2) is 261 Å². The lowest BCUT2D eigenvalue weighted by molar-refractivity contribution is 0.753. The molecule has 0 amide bonds. The first-order valence-corrected chi connectivity index (χ1v) is 23.8. The van der Waals surface area contributed by atoms with Gasteiger partial charge >= 0.3 is 0 Å². The predicted molar refractivity (Wildman–Crippen MR) is 286 cm³/mol. The number of pyridine rings is 1. The van der Waals surface area contributed by atoms with Crippen molar-refractivity contribution in [2.24, 2.45) is 0 Å². The van der Waals surface area contributed by atoms with Gasteiger partial charge in [-0.05, 0) is 127 Å². The summed E-state index contributed by atoms with van der Waals surface area (Å²) < 4.78 is 2.35. The summed E-state index contributed by atoms with van der Waals surface area (Å²) in [6, 6.07) is 95.4. The summed E-state index contributed by atoms with van der Waals surface area (Å²) in [5.74, 6) is 0.891. The molecule has 10 aromatic carbocycles. The van der Waals surface area contributed by atoms with Crippen LogP contribution in [0.2, 0.25) is 0 Å². The van der Waals surface area contributed by atoms with Gasteiger partial charge in [0.15, 0.2) is 0 Å². The molecule has 0 unspecified atom stereocenters. The van der Waals surface area contributed by atoms with Gasteiger partial charge in [0.25, 0.3) is 0 Å². The second-order valence-corrected chi connectivity index (χ2v) is 18.3. The molecule has 3 nitrogen and oxygen atoms in total. The summed E-state index contributed by atoms with van der Waals surface area (Å²) in [5, 5.41) is 2.38. The summed E-state index contributed by atoms with van der Waals surface area (Å²) in [6.07, 6.45) is 0. The number of aromatic nitrogens is 2. The fraction of sp³-hybridized carbons (Fsp3) is 0.0152. The summed E-state index contributed by atoms with van der Waals surface area (Å²) in [5.41, 5.74) is 22.0. The van der Waals surface area contributed by atoms with Crippen LogP contribution in [0, 0.1) is 0 Å². The van der Waals surface area contributed by atoms with Crippen LogP contribution in [0.1, 0.15) is 22.3 Å². The molecule has 1 spiro atoms. The molecule has 0 fully saturated rings. The molecule has 0 saturated heterocycles. The standard InChI is InChI=1S/C66H43N3/c1-4-19-44(20-5-1)47-25-18-26-51(39-47)68-63-33-16-13-30-57(63)66(58-31-14-17-34-64(58)68)56-29-12-10-27-52(56)53-37-35-49(41-59(53)66)48-36-38-62-55(40-48)54-28-11-15-32-61(54)69(62)65-43-50(45-21-6-2-7-22-45)42-60(67-65)46-23-8-3-9-24-46/h1-43H. The fourth-order valence-electron chi connectivity index (χ4n) is 11.6. The summed E-state index contributed by atoms with van der Waals surface area (Å²) in [6.45, 7) is 0. The van der Waals surface area contributed by atoms with E-state index in [0.29, 0.717) is 0 Å². The zero-order valence-corrected chi connectivity index (χ0v) is 37.7. The molecule has 3 heteroatoms. The maximum atomic E-state index is 5.40. The largest absolute Gasteiger partial charge is 0.310 e. The Morgan fingerprint density at radius 1 is 0.304 bits per heavy atom. The molecule has 0 radical (unpaired) electrons.